The first-order chi connectivity index (χ1) is 9.60. The predicted molar refractivity (Wildman–Crippen MR) is 77.9 cm³/mol. The zero-order chi connectivity index (χ0) is 14.3. The van der Waals surface area contributed by atoms with Gasteiger partial charge in [-0.3, -0.25) is 4.57 Å². The Bertz CT molecular complexity index is 895. The molecule has 0 fully saturated rings. The highest BCUT2D eigenvalue weighted by atomic mass is 32.1. The van der Waals surface area contributed by atoms with Gasteiger partial charge in [-0.05, 0) is 55.0 Å². The number of fused-ring (bicyclic) bond motifs is 1. The Morgan fingerprint density at radius 3 is 2.80 bits per heavy atom. The van der Waals surface area contributed by atoms with E-state index in [1.165, 1.54) is 12.1 Å². The van der Waals surface area contributed by atoms with Crippen LogP contribution in [0.15, 0.2) is 36.4 Å². The fourth-order valence-electron chi connectivity index (χ4n) is 2.33. The van der Waals surface area contributed by atoms with Gasteiger partial charge in [0.05, 0.1) is 22.3 Å². The van der Waals surface area contributed by atoms with Crippen molar-refractivity contribution in [2.45, 2.75) is 6.92 Å². The van der Waals surface area contributed by atoms with E-state index in [1.54, 1.807) is 16.7 Å². The number of H-pyrrole nitrogens is 1. The summed E-state index contributed by atoms with van der Waals surface area (Å²) in [7, 11) is 0. The normalized spacial score (nSPS) is 10.7. The third kappa shape index (κ3) is 1.91. The van der Waals surface area contributed by atoms with Gasteiger partial charge in [-0.15, -0.1) is 0 Å². The average molecular weight is 283 g/mol. The molecule has 0 unspecified atom stereocenters. The van der Waals surface area contributed by atoms with E-state index in [0.29, 0.717) is 21.5 Å². The second kappa shape index (κ2) is 4.58. The molecule has 0 radical (unpaired) electrons. The van der Waals surface area contributed by atoms with E-state index in [0.717, 1.165) is 11.1 Å². The minimum Gasteiger partial charge on any atom is -0.329 e. The molecular formula is C15H10FN3S. The fourth-order valence-corrected chi connectivity index (χ4v) is 2.63. The van der Waals surface area contributed by atoms with Gasteiger partial charge < -0.3 is 4.98 Å². The van der Waals surface area contributed by atoms with Gasteiger partial charge in [0.1, 0.15) is 11.9 Å². The molecule has 0 saturated heterocycles. The van der Waals surface area contributed by atoms with E-state index in [9.17, 15) is 4.39 Å². The number of nitriles is 1. The molecule has 3 aromatic rings. The molecule has 1 heterocycles. The molecule has 0 aliphatic heterocycles. The molecule has 0 aliphatic carbocycles. The molecule has 0 amide bonds. The Labute approximate surface area is 119 Å². The number of aromatic nitrogens is 2. The maximum absolute atomic E-state index is 13.6. The first kappa shape index (κ1) is 12.6. The van der Waals surface area contributed by atoms with Crippen molar-refractivity contribution < 1.29 is 4.39 Å². The van der Waals surface area contributed by atoms with Gasteiger partial charge in [-0.25, -0.2) is 4.39 Å². The van der Waals surface area contributed by atoms with E-state index in [-0.39, 0.29) is 5.82 Å². The van der Waals surface area contributed by atoms with Gasteiger partial charge in [0.25, 0.3) is 0 Å². The molecule has 20 heavy (non-hydrogen) atoms. The number of hydrogen-bond donors (Lipinski definition) is 1. The van der Waals surface area contributed by atoms with Crippen LogP contribution in [0.5, 0.6) is 0 Å². The molecule has 0 atom stereocenters. The van der Waals surface area contributed by atoms with Crippen LogP contribution in [0.2, 0.25) is 0 Å². The van der Waals surface area contributed by atoms with Crippen molar-refractivity contribution in [2.24, 2.45) is 0 Å². The van der Waals surface area contributed by atoms with Crippen molar-refractivity contribution in [2.75, 3.05) is 0 Å². The molecule has 0 bridgehead atoms. The van der Waals surface area contributed by atoms with Crippen LogP contribution < -0.4 is 0 Å². The van der Waals surface area contributed by atoms with Crippen molar-refractivity contribution in [3.8, 4) is 11.8 Å². The highest BCUT2D eigenvalue weighted by Gasteiger charge is 2.10. The van der Waals surface area contributed by atoms with Crippen LogP contribution in [-0.4, -0.2) is 9.55 Å². The number of nitrogens with one attached hydrogen (secondary N) is 1. The number of rotatable bonds is 1. The van der Waals surface area contributed by atoms with Crippen LogP contribution >= 0.6 is 12.2 Å². The molecule has 5 heteroatoms. The third-order valence-electron chi connectivity index (χ3n) is 3.12. The van der Waals surface area contributed by atoms with Gasteiger partial charge in [-0.1, -0.05) is 6.07 Å². The summed E-state index contributed by atoms with van der Waals surface area (Å²) in [4.78, 5) is 3.02. The van der Waals surface area contributed by atoms with Crippen LogP contribution in [0, 0.1) is 28.8 Å². The second-order valence-electron chi connectivity index (χ2n) is 4.56. The predicted octanol–water partition coefficient (Wildman–Crippen LogP) is 4.01. The van der Waals surface area contributed by atoms with Gasteiger partial charge in [-0.2, -0.15) is 5.26 Å². The van der Waals surface area contributed by atoms with Crippen molar-refractivity contribution >= 4 is 23.3 Å². The number of nitrogens with zero attached hydrogens (tertiary/aromatic N) is 2. The van der Waals surface area contributed by atoms with Crippen LogP contribution in [0.1, 0.15) is 11.1 Å². The highest BCUT2D eigenvalue weighted by Crippen LogP contribution is 2.23. The largest absolute Gasteiger partial charge is 0.329 e. The van der Waals surface area contributed by atoms with E-state index in [2.05, 4.69) is 11.1 Å². The molecule has 3 nitrogen and oxygen atoms in total. The molecule has 0 saturated carbocycles. The maximum Gasteiger partial charge on any atom is 0.182 e. The average Bonchev–Trinajstić information content (AvgIpc) is 2.73. The van der Waals surface area contributed by atoms with Crippen LogP contribution in [0.3, 0.4) is 0 Å². The Balaban J connectivity index is 2.40. The zero-order valence-corrected chi connectivity index (χ0v) is 11.5. The van der Waals surface area contributed by atoms with Crippen LogP contribution in [0.4, 0.5) is 4.39 Å². The lowest BCUT2D eigenvalue weighted by molar-refractivity contribution is 0.625. The topological polar surface area (TPSA) is 44.5 Å². The standard InChI is InChI=1S/C15H10FN3S/c1-9-5-11(16)7-12(6-9)19-13-4-2-3-10(8-17)14(13)18-15(19)20/h2-7H,1H3,(H,18,20). The maximum atomic E-state index is 13.6. The summed E-state index contributed by atoms with van der Waals surface area (Å²) >= 11 is 5.30. The third-order valence-corrected chi connectivity index (χ3v) is 3.41. The van der Waals surface area contributed by atoms with E-state index >= 15 is 0 Å². The first-order valence-electron chi connectivity index (χ1n) is 6.01. The Morgan fingerprint density at radius 1 is 1.30 bits per heavy atom. The molecule has 2 aromatic carbocycles. The molecule has 0 aliphatic rings. The number of benzene rings is 2. The summed E-state index contributed by atoms with van der Waals surface area (Å²) in [5, 5.41) is 9.12. The van der Waals surface area contributed by atoms with Crippen molar-refractivity contribution in [3.05, 3.63) is 58.1 Å². The second-order valence-corrected chi connectivity index (χ2v) is 4.95. The fraction of sp³-hybridized carbons (Fsp3) is 0.0667. The lowest BCUT2D eigenvalue weighted by Gasteiger charge is -2.06. The first-order valence-corrected chi connectivity index (χ1v) is 6.42. The zero-order valence-electron chi connectivity index (χ0n) is 10.6. The summed E-state index contributed by atoms with van der Waals surface area (Å²) in [6.07, 6.45) is 0. The van der Waals surface area contributed by atoms with E-state index in [4.69, 9.17) is 17.5 Å². The van der Waals surface area contributed by atoms with Gasteiger partial charge in [0.2, 0.25) is 0 Å². The number of aromatic amines is 1. The van der Waals surface area contributed by atoms with Crippen molar-refractivity contribution in [3.63, 3.8) is 0 Å². The summed E-state index contributed by atoms with van der Waals surface area (Å²) < 4.78 is 15.8. The van der Waals surface area contributed by atoms with Crippen molar-refractivity contribution in [1.29, 1.82) is 5.26 Å². The SMILES string of the molecule is Cc1cc(F)cc(-n2c(=S)[nH]c3c(C#N)cccc32)c1. The monoisotopic (exact) mass is 283 g/mol. The number of para-hydroxylation sites is 1. The molecule has 98 valence electrons. The Morgan fingerprint density at radius 2 is 2.10 bits per heavy atom. The van der Waals surface area contributed by atoms with Gasteiger partial charge in [0.15, 0.2) is 4.77 Å². The van der Waals surface area contributed by atoms with Crippen LogP contribution in [0.25, 0.3) is 16.7 Å². The highest BCUT2D eigenvalue weighted by molar-refractivity contribution is 7.71. The molecule has 1 N–H and O–H groups in total. The smallest absolute Gasteiger partial charge is 0.182 e. The van der Waals surface area contributed by atoms with Crippen LogP contribution in [-0.2, 0) is 0 Å². The lowest BCUT2D eigenvalue weighted by Crippen LogP contribution is -1.95. The molecule has 3 rings (SSSR count). The lowest BCUT2D eigenvalue weighted by atomic mass is 10.2. The number of aryl methyl sites for hydroxylation is 1. The van der Waals surface area contributed by atoms with Gasteiger partial charge >= 0.3 is 0 Å². The Kier molecular flexibility index (Phi) is 2.88. The van der Waals surface area contributed by atoms with E-state index in [1.807, 2.05) is 19.1 Å². The quantitative estimate of drug-likeness (QED) is 0.686. The minimum absolute atomic E-state index is 0.312. The molecule has 0 spiro atoms. The van der Waals surface area contributed by atoms with Crippen molar-refractivity contribution in [1.82, 2.24) is 9.55 Å². The molecule has 1 aromatic heterocycles. The minimum atomic E-state index is -0.312. The number of halogens is 1. The Hall–Kier alpha value is -2.45. The number of hydrogen-bond acceptors (Lipinski definition) is 2. The molecular weight excluding hydrogens is 273 g/mol. The summed E-state index contributed by atoms with van der Waals surface area (Å²) in [6.45, 7) is 1.83. The van der Waals surface area contributed by atoms with E-state index < -0.39 is 0 Å². The summed E-state index contributed by atoms with van der Waals surface area (Å²) in [5.41, 5.74) is 3.41. The summed E-state index contributed by atoms with van der Waals surface area (Å²) in [6, 6.07) is 12.2. The van der Waals surface area contributed by atoms with Gasteiger partial charge in [0, 0.05) is 0 Å². The summed E-state index contributed by atoms with van der Waals surface area (Å²) in [5.74, 6) is -0.312. The number of imidazole rings is 1.